The number of carbonyl (C=O) groups is 1. The molecule has 0 bridgehead atoms. The molecule has 27 heavy (non-hydrogen) atoms. The second kappa shape index (κ2) is 5.98. The summed E-state index contributed by atoms with van der Waals surface area (Å²) < 4.78 is 42.8. The van der Waals surface area contributed by atoms with Crippen LogP contribution in [0.1, 0.15) is 15.4 Å². The lowest BCUT2D eigenvalue weighted by Gasteiger charge is -2.11. The SMILES string of the molecule is Cc1nc2c3cc(C(=O)O)ccc3n(-c3ccc(OC(F)(F)F)cc3)c2s1. The molecular formula is C18H11F3N2O3S. The van der Waals surface area contributed by atoms with Gasteiger partial charge >= 0.3 is 12.3 Å². The predicted octanol–water partition coefficient (Wildman–Crippen LogP) is 5.15. The summed E-state index contributed by atoms with van der Waals surface area (Å²) in [5.41, 5.74) is 2.14. The number of thiazole rings is 1. The van der Waals surface area contributed by atoms with E-state index in [1.807, 2.05) is 11.5 Å². The van der Waals surface area contributed by atoms with Gasteiger partial charge in [0.1, 0.15) is 16.1 Å². The summed E-state index contributed by atoms with van der Waals surface area (Å²) in [6.45, 7) is 1.84. The number of nitrogens with zero attached hydrogens (tertiary/aromatic N) is 2. The Balaban J connectivity index is 1.91. The van der Waals surface area contributed by atoms with Gasteiger partial charge in [0.2, 0.25) is 0 Å². The lowest BCUT2D eigenvalue weighted by Crippen LogP contribution is -2.17. The largest absolute Gasteiger partial charge is 0.573 e. The molecule has 1 N–H and O–H groups in total. The van der Waals surface area contributed by atoms with E-state index in [1.54, 1.807) is 12.1 Å². The van der Waals surface area contributed by atoms with Crippen molar-refractivity contribution in [1.82, 2.24) is 9.55 Å². The fourth-order valence-electron chi connectivity index (χ4n) is 2.96. The van der Waals surface area contributed by atoms with Crippen LogP contribution in [0.4, 0.5) is 13.2 Å². The second-order valence-corrected chi connectivity index (χ2v) is 6.98. The van der Waals surface area contributed by atoms with Crippen molar-refractivity contribution in [3.63, 3.8) is 0 Å². The molecular weight excluding hydrogens is 381 g/mol. The van der Waals surface area contributed by atoms with Crippen LogP contribution in [0.3, 0.4) is 0 Å². The van der Waals surface area contributed by atoms with Gasteiger partial charge in [0.25, 0.3) is 0 Å². The van der Waals surface area contributed by atoms with Gasteiger partial charge in [-0.05, 0) is 49.4 Å². The van der Waals surface area contributed by atoms with Gasteiger partial charge in [-0.3, -0.25) is 4.57 Å². The van der Waals surface area contributed by atoms with Gasteiger partial charge in [-0.15, -0.1) is 24.5 Å². The number of carboxylic acid groups (broad SMARTS) is 1. The van der Waals surface area contributed by atoms with E-state index >= 15 is 0 Å². The number of hydrogen-bond donors (Lipinski definition) is 1. The van der Waals surface area contributed by atoms with Crippen LogP contribution in [0.15, 0.2) is 42.5 Å². The highest BCUT2D eigenvalue weighted by atomic mass is 32.1. The van der Waals surface area contributed by atoms with Gasteiger partial charge < -0.3 is 9.84 Å². The summed E-state index contributed by atoms with van der Waals surface area (Å²) in [5, 5.41) is 10.7. The first-order chi connectivity index (χ1) is 12.7. The van der Waals surface area contributed by atoms with E-state index in [1.165, 1.54) is 41.7 Å². The lowest BCUT2D eigenvalue weighted by atomic mass is 10.1. The number of fused-ring (bicyclic) bond motifs is 3. The molecule has 0 amide bonds. The molecule has 0 saturated heterocycles. The summed E-state index contributed by atoms with van der Waals surface area (Å²) in [4.78, 5) is 16.6. The summed E-state index contributed by atoms with van der Waals surface area (Å²) in [7, 11) is 0. The van der Waals surface area contributed by atoms with Crippen molar-refractivity contribution in [2.24, 2.45) is 0 Å². The minimum absolute atomic E-state index is 0.140. The standard InChI is InChI=1S/C18H11F3N2O3S/c1-9-22-15-13-8-10(17(24)25)2-7-14(13)23(16(15)27-9)11-3-5-12(6-4-11)26-18(19,20)21/h2-8H,1H3,(H,24,25). The molecule has 4 rings (SSSR count). The Kier molecular flexibility index (Phi) is 3.84. The van der Waals surface area contributed by atoms with E-state index in [4.69, 9.17) is 0 Å². The molecule has 9 heteroatoms. The van der Waals surface area contributed by atoms with Crippen LogP contribution in [0.5, 0.6) is 5.75 Å². The minimum atomic E-state index is -4.75. The van der Waals surface area contributed by atoms with Gasteiger partial charge in [-0.25, -0.2) is 9.78 Å². The van der Waals surface area contributed by atoms with Crippen molar-refractivity contribution in [3.8, 4) is 11.4 Å². The highest BCUT2D eigenvalue weighted by Crippen LogP contribution is 2.36. The van der Waals surface area contributed by atoms with Crippen molar-refractivity contribution < 1.29 is 27.8 Å². The Morgan fingerprint density at radius 2 is 1.89 bits per heavy atom. The third-order valence-corrected chi connectivity index (χ3v) is 4.94. The number of benzene rings is 2. The zero-order valence-corrected chi connectivity index (χ0v) is 14.6. The van der Waals surface area contributed by atoms with E-state index in [2.05, 4.69) is 9.72 Å². The van der Waals surface area contributed by atoms with E-state index in [-0.39, 0.29) is 11.3 Å². The monoisotopic (exact) mass is 392 g/mol. The fourth-order valence-corrected chi connectivity index (χ4v) is 3.92. The number of aryl methyl sites for hydroxylation is 1. The van der Waals surface area contributed by atoms with E-state index < -0.39 is 12.3 Å². The summed E-state index contributed by atoms with van der Waals surface area (Å²) in [6.07, 6.45) is -4.75. The second-order valence-electron chi connectivity index (χ2n) is 5.80. The van der Waals surface area contributed by atoms with Crippen molar-refractivity contribution in [1.29, 1.82) is 0 Å². The zero-order chi connectivity index (χ0) is 19.3. The molecule has 2 heterocycles. The molecule has 2 aromatic carbocycles. The third kappa shape index (κ3) is 3.10. The summed E-state index contributed by atoms with van der Waals surface area (Å²) in [6, 6.07) is 10.2. The van der Waals surface area contributed by atoms with Crippen molar-refractivity contribution >= 4 is 38.6 Å². The average molecular weight is 392 g/mol. The Morgan fingerprint density at radius 1 is 1.19 bits per heavy atom. The smallest absolute Gasteiger partial charge is 0.478 e. The Hall–Kier alpha value is -3.07. The van der Waals surface area contributed by atoms with Crippen LogP contribution in [0, 0.1) is 6.92 Å². The first kappa shape index (κ1) is 17.3. The quantitative estimate of drug-likeness (QED) is 0.524. The topological polar surface area (TPSA) is 64.3 Å². The first-order valence-electron chi connectivity index (χ1n) is 7.74. The number of halogens is 3. The van der Waals surface area contributed by atoms with Gasteiger partial charge in [0.05, 0.1) is 16.1 Å². The molecule has 0 atom stereocenters. The van der Waals surface area contributed by atoms with Gasteiger partial charge in [0, 0.05) is 11.1 Å². The van der Waals surface area contributed by atoms with E-state index in [9.17, 15) is 23.1 Å². The molecule has 0 aliphatic rings. The number of carboxylic acids is 1. The van der Waals surface area contributed by atoms with Gasteiger partial charge in [-0.1, -0.05) is 0 Å². The number of rotatable bonds is 3. The Morgan fingerprint density at radius 3 is 2.52 bits per heavy atom. The number of aromatic nitrogens is 2. The number of hydrogen-bond acceptors (Lipinski definition) is 4. The summed E-state index contributed by atoms with van der Waals surface area (Å²) >= 11 is 1.42. The highest BCUT2D eigenvalue weighted by Gasteiger charge is 2.31. The Bertz CT molecular complexity index is 1180. The van der Waals surface area contributed by atoms with Crippen LogP contribution >= 0.6 is 11.3 Å². The van der Waals surface area contributed by atoms with Gasteiger partial charge in [0.15, 0.2) is 0 Å². The van der Waals surface area contributed by atoms with Crippen molar-refractivity contribution in [3.05, 3.63) is 53.0 Å². The molecule has 0 radical (unpaired) electrons. The maximum absolute atomic E-state index is 12.4. The molecule has 0 aliphatic carbocycles. The number of ether oxygens (including phenoxy) is 1. The molecule has 5 nitrogen and oxygen atoms in total. The highest BCUT2D eigenvalue weighted by molar-refractivity contribution is 7.18. The average Bonchev–Trinajstić information content (AvgIpc) is 3.09. The molecule has 2 aromatic heterocycles. The number of alkyl halides is 3. The van der Waals surface area contributed by atoms with Crippen molar-refractivity contribution in [2.75, 3.05) is 0 Å². The van der Waals surface area contributed by atoms with Crippen LogP contribution in [-0.2, 0) is 0 Å². The molecule has 4 aromatic rings. The zero-order valence-electron chi connectivity index (χ0n) is 13.7. The maximum atomic E-state index is 12.4. The fraction of sp³-hybridized carbons (Fsp3) is 0.111. The van der Waals surface area contributed by atoms with Crippen molar-refractivity contribution in [2.45, 2.75) is 13.3 Å². The Labute approximate surface area is 154 Å². The molecule has 0 saturated carbocycles. The minimum Gasteiger partial charge on any atom is -0.478 e. The van der Waals surface area contributed by atoms with E-state index in [0.717, 1.165) is 15.4 Å². The van der Waals surface area contributed by atoms with Crippen LogP contribution in [0.2, 0.25) is 0 Å². The molecule has 0 unspecified atom stereocenters. The molecule has 138 valence electrons. The molecule has 0 fully saturated rings. The lowest BCUT2D eigenvalue weighted by molar-refractivity contribution is -0.274. The first-order valence-corrected chi connectivity index (χ1v) is 8.56. The van der Waals surface area contributed by atoms with E-state index in [0.29, 0.717) is 16.6 Å². The van der Waals surface area contributed by atoms with Crippen LogP contribution in [0.25, 0.3) is 26.9 Å². The predicted molar refractivity (Wildman–Crippen MR) is 94.8 cm³/mol. The molecule has 0 aliphatic heterocycles. The third-order valence-electron chi connectivity index (χ3n) is 3.99. The maximum Gasteiger partial charge on any atom is 0.573 e. The number of aromatic carboxylic acids is 1. The van der Waals surface area contributed by atoms with Crippen LogP contribution in [-0.4, -0.2) is 27.0 Å². The summed E-state index contributed by atoms with van der Waals surface area (Å²) in [5.74, 6) is -1.36. The van der Waals surface area contributed by atoms with Crippen LogP contribution < -0.4 is 4.74 Å². The normalized spacial score (nSPS) is 12.0. The molecule has 0 spiro atoms. The van der Waals surface area contributed by atoms with Gasteiger partial charge in [-0.2, -0.15) is 0 Å².